The van der Waals surface area contributed by atoms with Crippen LogP contribution in [0.25, 0.3) is 0 Å². The number of halogens is 1. The summed E-state index contributed by atoms with van der Waals surface area (Å²) in [5, 5.41) is 6.41. The van der Waals surface area contributed by atoms with Gasteiger partial charge in [-0.25, -0.2) is 0 Å². The smallest absolute Gasteiger partial charge is 0.255 e. The maximum absolute atomic E-state index is 13.0. The first kappa shape index (κ1) is 20.4. The molecule has 1 saturated heterocycles. The maximum Gasteiger partial charge on any atom is 0.255 e. The molecule has 2 N–H and O–H groups in total. The maximum atomic E-state index is 13.0. The molecule has 1 saturated carbocycles. The van der Waals surface area contributed by atoms with Gasteiger partial charge in [0.2, 0.25) is 5.91 Å². The fourth-order valence-electron chi connectivity index (χ4n) is 3.64. The van der Waals surface area contributed by atoms with Crippen molar-refractivity contribution in [3.05, 3.63) is 64.7 Å². The lowest BCUT2D eigenvalue weighted by atomic mass is 9.96. The molecule has 7 heteroatoms. The van der Waals surface area contributed by atoms with E-state index in [1.165, 1.54) is 0 Å². The first-order chi connectivity index (χ1) is 14.5. The van der Waals surface area contributed by atoms with Crippen LogP contribution < -0.4 is 10.6 Å². The third-order valence-corrected chi connectivity index (χ3v) is 5.73. The quantitative estimate of drug-likeness (QED) is 0.766. The van der Waals surface area contributed by atoms with Crippen LogP contribution in [-0.4, -0.2) is 41.8 Å². The topological polar surface area (TPSA) is 78.5 Å². The monoisotopic (exact) mass is 425 g/mol. The van der Waals surface area contributed by atoms with Crippen molar-refractivity contribution in [2.24, 2.45) is 5.92 Å². The minimum Gasteiger partial charge on any atom is -0.353 e. The molecule has 1 aliphatic heterocycles. The van der Waals surface area contributed by atoms with Crippen LogP contribution in [0.4, 0.5) is 5.69 Å². The third kappa shape index (κ3) is 5.00. The number of likely N-dealkylation sites (tertiary alicyclic amines) is 1. The Morgan fingerprint density at radius 2 is 1.73 bits per heavy atom. The fourth-order valence-corrected chi connectivity index (χ4v) is 3.77. The highest BCUT2D eigenvalue weighted by Crippen LogP contribution is 2.23. The number of amides is 3. The van der Waals surface area contributed by atoms with Crippen molar-refractivity contribution in [1.29, 1.82) is 0 Å². The Labute approximate surface area is 180 Å². The van der Waals surface area contributed by atoms with Crippen molar-refractivity contribution in [2.45, 2.75) is 31.7 Å². The van der Waals surface area contributed by atoms with E-state index in [0.29, 0.717) is 41.0 Å². The summed E-state index contributed by atoms with van der Waals surface area (Å²) >= 11 is 5.86. The molecule has 6 nitrogen and oxygen atoms in total. The minimum absolute atomic E-state index is 0.0546. The Bertz CT molecular complexity index is 956. The molecule has 0 aromatic heterocycles. The first-order valence-corrected chi connectivity index (χ1v) is 10.6. The molecule has 0 unspecified atom stereocenters. The van der Waals surface area contributed by atoms with E-state index in [1.807, 2.05) is 0 Å². The Hall–Kier alpha value is -2.86. The van der Waals surface area contributed by atoms with E-state index in [1.54, 1.807) is 53.4 Å². The van der Waals surface area contributed by atoms with Crippen LogP contribution in [0.15, 0.2) is 48.5 Å². The van der Waals surface area contributed by atoms with Crippen LogP contribution >= 0.6 is 11.6 Å². The molecule has 0 spiro atoms. The lowest BCUT2D eigenvalue weighted by molar-refractivity contribution is -0.126. The van der Waals surface area contributed by atoms with E-state index in [9.17, 15) is 14.4 Å². The summed E-state index contributed by atoms with van der Waals surface area (Å²) in [7, 11) is 0. The number of nitrogens with one attached hydrogen (secondary N) is 2. The minimum atomic E-state index is -0.272. The first-order valence-electron chi connectivity index (χ1n) is 10.3. The van der Waals surface area contributed by atoms with Crippen molar-refractivity contribution >= 4 is 35.0 Å². The van der Waals surface area contributed by atoms with Gasteiger partial charge >= 0.3 is 0 Å². The lowest BCUT2D eigenvalue weighted by Crippen LogP contribution is -2.45. The highest BCUT2D eigenvalue weighted by Gasteiger charge is 2.32. The SMILES string of the molecule is O=C(Nc1cccc(C(=O)N2CCC[C@H](C(=O)NC3CC3)C2)c1)c1ccc(Cl)cc1. The summed E-state index contributed by atoms with van der Waals surface area (Å²) in [4.78, 5) is 39.6. The second kappa shape index (κ2) is 8.88. The zero-order valence-corrected chi connectivity index (χ0v) is 17.3. The van der Waals surface area contributed by atoms with E-state index in [-0.39, 0.29) is 23.6 Å². The third-order valence-electron chi connectivity index (χ3n) is 5.48. The summed E-state index contributed by atoms with van der Waals surface area (Å²) < 4.78 is 0. The Balaban J connectivity index is 1.41. The number of piperidine rings is 1. The molecular formula is C23H24ClN3O3. The largest absolute Gasteiger partial charge is 0.353 e. The van der Waals surface area contributed by atoms with E-state index in [0.717, 1.165) is 25.7 Å². The molecule has 156 valence electrons. The summed E-state index contributed by atoms with van der Waals surface area (Å²) in [6.07, 6.45) is 3.71. The average Bonchev–Trinajstić information content (AvgIpc) is 3.58. The molecule has 3 amide bonds. The second-order valence-electron chi connectivity index (χ2n) is 7.92. The van der Waals surface area contributed by atoms with Crippen molar-refractivity contribution in [2.75, 3.05) is 18.4 Å². The van der Waals surface area contributed by atoms with Gasteiger partial charge in [-0.15, -0.1) is 0 Å². The van der Waals surface area contributed by atoms with E-state index < -0.39 is 0 Å². The summed E-state index contributed by atoms with van der Waals surface area (Å²) in [5.41, 5.74) is 1.52. The molecule has 2 aromatic carbocycles. The van der Waals surface area contributed by atoms with Crippen LogP contribution in [0.1, 0.15) is 46.4 Å². The van der Waals surface area contributed by atoms with Gasteiger partial charge < -0.3 is 15.5 Å². The highest BCUT2D eigenvalue weighted by molar-refractivity contribution is 6.30. The van der Waals surface area contributed by atoms with Gasteiger partial charge in [0.25, 0.3) is 11.8 Å². The standard InChI is InChI=1S/C23H24ClN3O3/c24-18-8-6-15(7-9-18)21(28)26-20-5-1-3-16(13-20)23(30)27-12-2-4-17(14-27)22(29)25-19-10-11-19/h1,3,5-9,13,17,19H,2,4,10-12,14H2,(H,25,29)(H,26,28)/t17-/m0/s1. The van der Waals surface area contributed by atoms with Crippen LogP contribution in [-0.2, 0) is 4.79 Å². The zero-order chi connectivity index (χ0) is 21.1. The van der Waals surface area contributed by atoms with Gasteiger partial charge in [0.15, 0.2) is 0 Å². The average molecular weight is 426 g/mol. The predicted octanol–water partition coefficient (Wildman–Crippen LogP) is 3.72. The van der Waals surface area contributed by atoms with E-state index >= 15 is 0 Å². The summed E-state index contributed by atoms with van der Waals surface area (Å²) in [6.45, 7) is 1.06. The van der Waals surface area contributed by atoms with Gasteiger partial charge in [0.1, 0.15) is 0 Å². The molecule has 2 aromatic rings. The summed E-state index contributed by atoms with van der Waals surface area (Å²) in [6, 6.07) is 13.8. The molecule has 1 aliphatic carbocycles. The van der Waals surface area contributed by atoms with Crippen molar-refractivity contribution in [1.82, 2.24) is 10.2 Å². The van der Waals surface area contributed by atoms with Gasteiger partial charge in [-0.1, -0.05) is 17.7 Å². The van der Waals surface area contributed by atoms with E-state index in [2.05, 4.69) is 10.6 Å². The molecule has 0 radical (unpaired) electrons. The van der Waals surface area contributed by atoms with Gasteiger partial charge in [-0.05, 0) is 68.1 Å². The molecule has 1 heterocycles. The fraction of sp³-hybridized carbons (Fsp3) is 0.348. The molecular weight excluding hydrogens is 402 g/mol. The number of carbonyl (C=O) groups is 3. The number of carbonyl (C=O) groups excluding carboxylic acids is 3. The van der Waals surface area contributed by atoms with Gasteiger partial charge in [-0.2, -0.15) is 0 Å². The van der Waals surface area contributed by atoms with Crippen LogP contribution in [0.2, 0.25) is 5.02 Å². The normalized spacial score (nSPS) is 18.6. The van der Waals surface area contributed by atoms with Gasteiger partial charge in [-0.3, -0.25) is 14.4 Å². The molecule has 2 fully saturated rings. The molecule has 30 heavy (non-hydrogen) atoms. The van der Waals surface area contributed by atoms with E-state index in [4.69, 9.17) is 11.6 Å². The van der Waals surface area contributed by atoms with Crippen molar-refractivity contribution in [3.8, 4) is 0 Å². The molecule has 0 bridgehead atoms. The number of nitrogens with zero attached hydrogens (tertiary/aromatic N) is 1. The van der Waals surface area contributed by atoms with Gasteiger partial charge in [0.05, 0.1) is 5.92 Å². The highest BCUT2D eigenvalue weighted by atomic mass is 35.5. The Morgan fingerprint density at radius 1 is 0.967 bits per heavy atom. The Morgan fingerprint density at radius 3 is 2.47 bits per heavy atom. The zero-order valence-electron chi connectivity index (χ0n) is 16.6. The predicted molar refractivity (Wildman–Crippen MR) is 116 cm³/mol. The van der Waals surface area contributed by atoms with Crippen LogP contribution in [0.5, 0.6) is 0 Å². The Kier molecular flexibility index (Phi) is 6.04. The van der Waals surface area contributed by atoms with Crippen LogP contribution in [0, 0.1) is 5.92 Å². The lowest BCUT2D eigenvalue weighted by Gasteiger charge is -2.32. The number of anilines is 1. The molecule has 2 aliphatic rings. The number of hydrogen-bond donors (Lipinski definition) is 2. The molecule has 4 rings (SSSR count). The molecule has 1 atom stereocenters. The van der Waals surface area contributed by atoms with Crippen LogP contribution in [0.3, 0.4) is 0 Å². The number of hydrogen-bond acceptors (Lipinski definition) is 3. The van der Waals surface area contributed by atoms with Crippen molar-refractivity contribution in [3.63, 3.8) is 0 Å². The summed E-state index contributed by atoms with van der Waals surface area (Å²) in [5.74, 6) is -0.498. The number of benzene rings is 2. The van der Waals surface area contributed by atoms with Gasteiger partial charge in [0, 0.05) is 41.0 Å². The number of rotatable bonds is 5. The second-order valence-corrected chi connectivity index (χ2v) is 8.35. The van der Waals surface area contributed by atoms with Crippen molar-refractivity contribution < 1.29 is 14.4 Å².